The number of amides is 2. The molecule has 0 unspecified atom stereocenters. The van der Waals surface area contributed by atoms with E-state index in [0.717, 1.165) is 22.2 Å². The number of carbonyl (C=O) groups is 2. The van der Waals surface area contributed by atoms with Gasteiger partial charge in [0, 0.05) is 36.3 Å². The molecule has 4 rings (SSSR count). The van der Waals surface area contributed by atoms with Crippen LogP contribution in [0.3, 0.4) is 0 Å². The highest BCUT2D eigenvalue weighted by Gasteiger charge is 2.15. The van der Waals surface area contributed by atoms with E-state index < -0.39 is 0 Å². The largest absolute Gasteiger partial charge is 0.345 e. The fourth-order valence-corrected chi connectivity index (χ4v) is 3.31. The van der Waals surface area contributed by atoms with Gasteiger partial charge in [0.1, 0.15) is 0 Å². The molecule has 0 atom stereocenters. The van der Waals surface area contributed by atoms with Crippen LogP contribution in [0.15, 0.2) is 84.9 Å². The maximum absolute atomic E-state index is 13.2. The van der Waals surface area contributed by atoms with Crippen LogP contribution in [0.2, 0.25) is 0 Å². The van der Waals surface area contributed by atoms with Crippen molar-refractivity contribution in [2.75, 3.05) is 19.4 Å². The lowest BCUT2D eigenvalue weighted by atomic mass is 10.0. The first-order valence-electron chi connectivity index (χ1n) is 9.61. The maximum Gasteiger partial charge on any atom is 0.256 e. The van der Waals surface area contributed by atoms with E-state index >= 15 is 0 Å². The summed E-state index contributed by atoms with van der Waals surface area (Å²) in [7, 11) is 3.39. The molecule has 0 aliphatic rings. The second-order valence-corrected chi connectivity index (χ2v) is 7.17. The lowest BCUT2D eigenvalue weighted by molar-refractivity contribution is 0.0827. The van der Waals surface area contributed by atoms with Crippen molar-refractivity contribution < 1.29 is 9.59 Å². The van der Waals surface area contributed by atoms with E-state index in [1.807, 2.05) is 60.7 Å². The highest BCUT2D eigenvalue weighted by molar-refractivity contribution is 6.13. The van der Waals surface area contributed by atoms with Crippen molar-refractivity contribution in [2.45, 2.75) is 0 Å². The second kappa shape index (κ2) is 8.17. The van der Waals surface area contributed by atoms with E-state index in [2.05, 4.69) is 5.32 Å². The molecule has 0 saturated heterocycles. The van der Waals surface area contributed by atoms with Crippen molar-refractivity contribution in [2.24, 2.45) is 0 Å². The zero-order valence-corrected chi connectivity index (χ0v) is 16.8. The molecular formula is C25H21N3O2. The summed E-state index contributed by atoms with van der Waals surface area (Å²) < 4.78 is 0. The van der Waals surface area contributed by atoms with Gasteiger partial charge in [0.15, 0.2) is 0 Å². The lowest BCUT2D eigenvalue weighted by Gasteiger charge is -2.13. The molecule has 5 heteroatoms. The first-order valence-corrected chi connectivity index (χ1v) is 9.61. The van der Waals surface area contributed by atoms with Crippen molar-refractivity contribution in [1.29, 1.82) is 0 Å². The molecule has 0 aliphatic heterocycles. The number of benzene rings is 3. The van der Waals surface area contributed by atoms with Crippen molar-refractivity contribution in [1.82, 2.24) is 9.88 Å². The normalized spacial score (nSPS) is 10.6. The van der Waals surface area contributed by atoms with Gasteiger partial charge in [-0.3, -0.25) is 9.59 Å². The molecule has 3 aromatic carbocycles. The number of carbonyl (C=O) groups excluding carboxylic acids is 2. The van der Waals surface area contributed by atoms with Crippen molar-refractivity contribution >= 4 is 28.4 Å². The molecule has 0 spiro atoms. The number of fused-ring (bicyclic) bond motifs is 1. The van der Waals surface area contributed by atoms with Gasteiger partial charge in [0.2, 0.25) is 0 Å². The molecule has 1 N–H and O–H groups in total. The third-order valence-electron chi connectivity index (χ3n) is 4.80. The van der Waals surface area contributed by atoms with Gasteiger partial charge in [-0.1, -0.05) is 54.6 Å². The predicted octanol–water partition coefficient (Wildman–Crippen LogP) is 4.86. The van der Waals surface area contributed by atoms with E-state index in [0.29, 0.717) is 16.8 Å². The van der Waals surface area contributed by atoms with Gasteiger partial charge >= 0.3 is 0 Å². The fraction of sp³-hybridized carbons (Fsp3) is 0.0800. The summed E-state index contributed by atoms with van der Waals surface area (Å²) in [6, 6.07) is 26.1. The highest BCUT2D eigenvalue weighted by Crippen LogP contribution is 2.25. The average molecular weight is 395 g/mol. The first-order chi connectivity index (χ1) is 14.5. The molecule has 1 heterocycles. The minimum Gasteiger partial charge on any atom is -0.345 e. The molecule has 1 aromatic heterocycles. The minimum absolute atomic E-state index is 0.119. The summed E-state index contributed by atoms with van der Waals surface area (Å²) in [5, 5.41) is 3.70. The van der Waals surface area contributed by atoms with E-state index in [1.165, 1.54) is 4.90 Å². The fourth-order valence-electron chi connectivity index (χ4n) is 3.31. The summed E-state index contributed by atoms with van der Waals surface area (Å²) in [6.45, 7) is 0. The standard InChI is InChI=1S/C25H21N3O2/c1-28(2)25(30)18-11-8-12-19(15-18)26-24(29)21-16-23(17-9-4-3-5-10-17)27-22-14-7-6-13-20(21)22/h3-16H,1-2H3,(H,26,29). The third kappa shape index (κ3) is 3.91. The highest BCUT2D eigenvalue weighted by atomic mass is 16.2. The zero-order chi connectivity index (χ0) is 21.1. The van der Waals surface area contributed by atoms with Gasteiger partial charge in [-0.05, 0) is 30.3 Å². The Labute approximate surface area is 175 Å². The lowest BCUT2D eigenvalue weighted by Crippen LogP contribution is -2.22. The smallest absolute Gasteiger partial charge is 0.256 e. The Bertz CT molecular complexity index is 1230. The zero-order valence-electron chi connectivity index (χ0n) is 16.8. The van der Waals surface area contributed by atoms with E-state index in [9.17, 15) is 9.59 Å². The Morgan fingerprint density at radius 3 is 2.33 bits per heavy atom. The second-order valence-electron chi connectivity index (χ2n) is 7.17. The number of hydrogen-bond acceptors (Lipinski definition) is 3. The van der Waals surface area contributed by atoms with Crippen LogP contribution in [0, 0.1) is 0 Å². The molecular weight excluding hydrogens is 374 g/mol. The summed E-state index contributed by atoms with van der Waals surface area (Å²) in [6.07, 6.45) is 0. The van der Waals surface area contributed by atoms with Gasteiger partial charge in [-0.25, -0.2) is 4.98 Å². The van der Waals surface area contributed by atoms with E-state index in [-0.39, 0.29) is 11.8 Å². The molecule has 5 nitrogen and oxygen atoms in total. The Hall–Kier alpha value is -3.99. The van der Waals surface area contributed by atoms with E-state index in [1.54, 1.807) is 38.4 Å². The molecule has 0 bridgehead atoms. The van der Waals surface area contributed by atoms with Crippen molar-refractivity contribution in [3.8, 4) is 11.3 Å². The molecule has 0 aliphatic carbocycles. The number of pyridine rings is 1. The van der Waals surface area contributed by atoms with Crippen LogP contribution in [0.25, 0.3) is 22.2 Å². The monoisotopic (exact) mass is 395 g/mol. The number of aromatic nitrogens is 1. The number of rotatable bonds is 4. The summed E-state index contributed by atoms with van der Waals surface area (Å²) in [5.74, 6) is -0.368. The Morgan fingerprint density at radius 2 is 1.57 bits per heavy atom. The van der Waals surface area contributed by atoms with Gasteiger partial charge in [0.25, 0.3) is 11.8 Å². The number of nitrogens with one attached hydrogen (secondary N) is 1. The summed E-state index contributed by atoms with van der Waals surface area (Å²) in [4.78, 5) is 31.7. The van der Waals surface area contributed by atoms with Gasteiger partial charge in [-0.15, -0.1) is 0 Å². The Morgan fingerprint density at radius 1 is 0.833 bits per heavy atom. The van der Waals surface area contributed by atoms with Crippen molar-refractivity contribution in [3.05, 3.63) is 96.1 Å². The Kier molecular flexibility index (Phi) is 5.26. The minimum atomic E-state index is -0.250. The number of hydrogen-bond donors (Lipinski definition) is 1. The SMILES string of the molecule is CN(C)C(=O)c1cccc(NC(=O)c2cc(-c3ccccc3)nc3ccccc23)c1. The first kappa shape index (κ1) is 19.3. The number of anilines is 1. The van der Waals surface area contributed by atoms with Crippen LogP contribution in [0.5, 0.6) is 0 Å². The third-order valence-corrected chi connectivity index (χ3v) is 4.80. The average Bonchev–Trinajstić information content (AvgIpc) is 2.78. The molecule has 0 fully saturated rings. The molecule has 0 radical (unpaired) electrons. The van der Waals surface area contributed by atoms with Crippen molar-refractivity contribution in [3.63, 3.8) is 0 Å². The molecule has 2 amide bonds. The quantitative estimate of drug-likeness (QED) is 0.537. The Balaban J connectivity index is 1.73. The van der Waals surface area contributed by atoms with Gasteiger partial charge < -0.3 is 10.2 Å². The summed E-state index contributed by atoms with van der Waals surface area (Å²) >= 11 is 0. The van der Waals surface area contributed by atoms with Crippen LogP contribution in [0.4, 0.5) is 5.69 Å². The number of para-hydroxylation sites is 1. The van der Waals surface area contributed by atoms with Crippen LogP contribution in [-0.2, 0) is 0 Å². The molecule has 148 valence electrons. The van der Waals surface area contributed by atoms with Crippen LogP contribution in [0.1, 0.15) is 20.7 Å². The van der Waals surface area contributed by atoms with Gasteiger partial charge in [-0.2, -0.15) is 0 Å². The molecule has 0 saturated carbocycles. The molecule has 4 aromatic rings. The van der Waals surface area contributed by atoms with Crippen LogP contribution < -0.4 is 5.32 Å². The topological polar surface area (TPSA) is 62.3 Å². The maximum atomic E-state index is 13.2. The molecule has 30 heavy (non-hydrogen) atoms. The predicted molar refractivity (Wildman–Crippen MR) is 120 cm³/mol. The number of nitrogens with zero attached hydrogens (tertiary/aromatic N) is 2. The van der Waals surface area contributed by atoms with Gasteiger partial charge in [0.05, 0.1) is 16.8 Å². The van der Waals surface area contributed by atoms with Crippen LogP contribution >= 0.6 is 0 Å². The van der Waals surface area contributed by atoms with E-state index in [4.69, 9.17) is 4.98 Å². The van der Waals surface area contributed by atoms with Crippen LogP contribution in [-0.4, -0.2) is 35.8 Å². The summed E-state index contributed by atoms with van der Waals surface area (Å²) in [5.41, 5.74) is 4.04.